The van der Waals surface area contributed by atoms with Crippen LogP contribution >= 0.6 is 24.0 Å². The van der Waals surface area contributed by atoms with Gasteiger partial charge in [-0.05, 0) is 43.4 Å². The lowest BCUT2D eigenvalue weighted by Crippen LogP contribution is -2.38. The lowest BCUT2D eigenvalue weighted by Gasteiger charge is -2.23. The largest absolute Gasteiger partial charge is 0.490 e. The van der Waals surface area contributed by atoms with E-state index in [0.717, 1.165) is 43.6 Å². The zero-order valence-electron chi connectivity index (χ0n) is 17.4. The van der Waals surface area contributed by atoms with Crippen molar-refractivity contribution in [2.24, 2.45) is 4.99 Å². The molecule has 1 aromatic heterocycles. The highest BCUT2D eigenvalue weighted by atomic mass is 127. The fourth-order valence-corrected chi connectivity index (χ4v) is 3.50. The Bertz CT molecular complexity index is 740. The number of benzene rings is 1. The third kappa shape index (κ3) is 7.49. The second kappa shape index (κ2) is 12.7. The molecule has 1 saturated carbocycles. The van der Waals surface area contributed by atoms with Crippen molar-refractivity contribution in [3.63, 3.8) is 0 Å². The van der Waals surface area contributed by atoms with Crippen molar-refractivity contribution < 1.29 is 4.74 Å². The van der Waals surface area contributed by atoms with Gasteiger partial charge in [-0.15, -0.1) is 34.2 Å². The summed E-state index contributed by atoms with van der Waals surface area (Å²) < 4.78 is 8.16. The van der Waals surface area contributed by atoms with Gasteiger partial charge in [0.05, 0.1) is 6.10 Å². The number of halogens is 1. The fourth-order valence-electron chi connectivity index (χ4n) is 3.50. The van der Waals surface area contributed by atoms with Gasteiger partial charge in [0.2, 0.25) is 0 Å². The highest BCUT2D eigenvalue weighted by molar-refractivity contribution is 14.0. The Morgan fingerprint density at radius 1 is 1.17 bits per heavy atom. The molecule has 0 aliphatic heterocycles. The topological polar surface area (TPSA) is 76.4 Å². The van der Waals surface area contributed by atoms with Crippen LogP contribution in [0.25, 0.3) is 0 Å². The third-order valence-electron chi connectivity index (χ3n) is 5.12. The highest BCUT2D eigenvalue weighted by Crippen LogP contribution is 2.23. The number of guanidine groups is 1. The molecule has 0 saturated heterocycles. The number of rotatable bonds is 8. The predicted octanol–water partition coefficient (Wildman–Crippen LogP) is 3.54. The van der Waals surface area contributed by atoms with E-state index >= 15 is 0 Å². The molecule has 1 aliphatic rings. The summed E-state index contributed by atoms with van der Waals surface area (Å²) in [7, 11) is 1.78. The maximum atomic E-state index is 6.10. The number of nitrogens with one attached hydrogen (secondary N) is 2. The first-order chi connectivity index (χ1) is 13.8. The Kier molecular flexibility index (Phi) is 10.2. The molecule has 1 aliphatic carbocycles. The molecule has 1 aromatic carbocycles. The maximum absolute atomic E-state index is 6.10. The molecule has 3 rings (SSSR count). The van der Waals surface area contributed by atoms with E-state index in [2.05, 4.69) is 61.6 Å². The molecule has 2 N–H and O–H groups in total. The average Bonchev–Trinajstić information content (AvgIpc) is 3.20. The number of aryl methyl sites for hydroxylation is 1. The van der Waals surface area contributed by atoms with Crippen LogP contribution in [-0.4, -0.2) is 40.4 Å². The molecule has 8 heteroatoms. The molecular formula is C21H33IN6O. The van der Waals surface area contributed by atoms with Crippen molar-refractivity contribution in [1.82, 2.24) is 25.4 Å². The van der Waals surface area contributed by atoms with Gasteiger partial charge in [0, 0.05) is 33.1 Å². The minimum absolute atomic E-state index is 0. The summed E-state index contributed by atoms with van der Waals surface area (Å²) in [6.07, 6.45) is 9.33. The van der Waals surface area contributed by atoms with Gasteiger partial charge in [0.25, 0.3) is 0 Å². The van der Waals surface area contributed by atoms with Crippen LogP contribution in [0.15, 0.2) is 35.6 Å². The van der Waals surface area contributed by atoms with E-state index in [1.807, 2.05) is 0 Å². The number of aliphatic imine (C=N–C) groups is 1. The Hall–Kier alpha value is -1.84. The van der Waals surface area contributed by atoms with Gasteiger partial charge in [-0.25, -0.2) is 0 Å². The monoisotopic (exact) mass is 512 g/mol. The minimum atomic E-state index is 0. The molecule has 0 unspecified atom stereocenters. The van der Waals surface area contributed by atoms with Crippen molar-refractivity contribution in [1.29, 1.82) is 0 Å². The molecule has 0 radical (unpaired) electrons. The molecular weight excluding hydrogens is 479 g/mol. The van der Waals surface area contributed by atoms with E-state index in [-0.39, 0.29) is 24.0 Å². The predicted molar refractivity (Wildman–Crippen MR) is 127 cm³/mol. The van der Waals surface area contributed by atoms with Gasteiger partial charge in [-0.1, -0.05) is 25.5 Å². The Labute approximate surface area is 190 Å². The summed E-state index contributed by atoms with van der Waals surface area (Å²) in [5.74, 6) is 2.76. The molecule has 7 nitrogen and oxygen atoms in total. The smallest absolute Gasteiger partial charge is 0.191 e. The minimum Gasteiger partial charge on any atom is -0.490 e. The normalized spacial score (nSPS) is 14.9. The van der Waals surface area contributed by atoms with Crippen LogP contribution in [0.1, 0.15) is 50.4 Å². The van der Waals surface area contributed by atoms with Crippen LogP contribution in [0.3, 0.4) is 0 Å². The van der Waals surface area contributed by atoms with E-state index in [1.165, 1.54) is 37.7 Å². The first kappa shape index (κ1) is 23.4. The van der Waals surface area contributed by atoms with E-state index in [4.69, 9.17) is 4.74 Å². The molecule has 29 heavy (non-hydrogen) atoms. The van der Waals surface area contributed by atoms with Gasteiger partial charge in [-0.3, -0.25) is 4.99 Å². The van der Waals surface area contributed by atoms with Crippen molar-refractivity contribution in [3.8, 4) is 5.75 Å². The number of hydrogen-bond donors (Lipinski definition) is 2. The average molecular weight is 512 g/mol. The Balaban J connectivity index is 0.00000300. The lowest BCUT2D eigenvalue weighted by atomic mass is 9.98. The van der Waals surface area contributed by atoms with Crippen molar-refractivity contribution >= 4 is 29.9 Å². The maximum Gasteiger partial charge on any atom is 0.191 e. The second-order valence-corrected chi connectivity index (χ2v) is 7.17. The summed E-state index contributed by atoms with van der Waals surface area (Å²) in [5, 5.41) is 14.7. The lowest BCUT2D eigenvalue weighted by molar-refractivity contribution is 0.155. The molecule has 0 spiro atoms. The number of aromatic nitrogens is 3. The van der Waals surface area contributed by atoms with Gasteiger partial charge in [0.15, 0.2) is 5.96 Å². The molecule has 160 valence electrons. The van der Waals surface area contributed by atoms with Crippen LogP contribution in [0, 0.1) is 0 Å². The summed E-state index contributed by atoms with van der Waals surface area (Å²) in [6, 6.07) is 8.37. The quantitative estimate of drug-likeness (QED) is 0.322. The van der Waals surface area contributed by atoms with E-state index in [9.17, 15) is 0 Å². The van der Waals surface area contributed by atoms with Crippen molar-refractivity contribution in [3.05, 3.63) is 42.0 Å². The van der Waals surface area contributed by atoms with Crippen LogP contribution in [0.5, 0.6) is 5.75 Å². The summed E-state index contributed by atoms with van der Waals surface area (Å²) in [4.78, 5) is 4.29. The van der Waals surface area contributed by atoms with Gasteiger partial charge >= 0.3 is 0 Å². The molecule has 2 aromatic rings. The zero-order valence-corrected chi connectivity index (χ0v) is 19.8. The van der Waals surface area contributed by atoms with Gasteiger partial charge in [-0.2, -0.15) is 0 Å². The fraction of sp³-hybridized carbons (Fsp3) is 0.571. The van der Waals surface area contributed by atoms with Crippen LogP contribution in [0.4, 0.5) is 0 Å². The number of ether oxygens (including phenoxy) is 1. The Morgan fingerprint density at radius 2 is 1.93 bits per heavy atom. The van der Waals surface area contributed by atoms with Gasteiger partial charge in [0.1, 0.15) is 17.9 Å². The molecule has 1 fully saturated rings. The third-order valence-corrected chi connectivity index (χ3v) is 5.12. The van der Waals surface area contributed by atoms with E-state index in [0.29, 0.717) is 6.10 Å². The van der Waals surface area contributed by atoms with Crippen LogP contribution in [-0.2, 0) is 19.5 Å². The standard InChI is InChI=1S/C21H32N6O.HI/c1-3-20-26-25-16-27(20)14-13-23-21(22-2)24-15-17-9-11-19(12-10-17)28-18-7-5-4-6-8-18;/h9-12,16,18H,3-8,13-15H2,1-2H3,(H2,22,23,24);1H. The molecule has 0 amide bonds. The highest BCUT2D eigenvalue weighted by Gasteiger charge is 2.14. The number of hydrogen-bond acceptors (Lipinski definition) is 4. The molecule has 1 heterocycles. The van der Waals surface area contributed by atoms with E-state index < -0.39 is 0 Å². The number of nitrogens with zero attached hydrogens (tertiary/aromatic N) is 4. The second-order valence-electron chi connectivity index (χ2n) is 7.17. The van der Waals surface area contributed by atoms with Crippen LogP contribution in [0.2, 0.25) is 0 Å². The zero-order chi connectivity index (χ0) is 19.6. The summed E-state index contributed by atoms with van der Waals surface area (Å²) in [6.45, 7) is 4.37. The van der Waals surface area contributed by atoms with Gasteiger partial charge < -0.3 is 19.9 Å². The van der Waals surface area contributed by atoms with Crippen molar-refractivity contribution in [2.75, 3.05) is 13.6 Å². The molecule has 0 atom stereocenters. The van der Waals surface area contributed by atoms with Crippen LogP contribution < -0.4 is 15.4 Å². The summed E-state index contributed by atoms with van der Waals surface area (Å²) >= 11 is 0. The SMILES string of the molecule is CCc1nncn1CCNC(=NC)NCc1ccc(OC2CCCCC2)cc1.I. The van der Waals surface area contributed by atoms with E-state index in [1.54, 1.807) is 13.4 Å². The first-order valence-electron chi connectivity index (χ1n) is 10.3. The molecule has 0 bridgehead atoms. The summed E-state index contributed by atoms with van der Waals surface area (Å²) in [5.41, 5.74) is 1.20. The first-order valence-corrected chi connectivity index (χ1v) is 10.3. The van der Waals surface area contributed by atoms with Crippen molar-refractivity contribution in [2.45, 2.75) is 64.6 Å². The Morgan fingerprint density at radius 3 is 2.62 bits per heavy atom.